The van der Waals surface area contributed by atoms with Gasteiger partial charge in [-0.05, 0) is 63.6 Å². The lowest BCUT2D eigenvalue weighted by atomic mass is 9.79. The molecule has 0 bridgehead atoms. The van der Waals surface area contributed by atoms with Gasteiger partial charge in [0.1, 0.15) is 17.8 Å². The molecule has 298 valence electrons. The molecule has 59 heavy (non-hydrogen) atoms. The summed E-state index contributed by atoms with van der Waals surface area (Å²) < 4.78 is 3.34. The Morgan fingerprint density at radius 3 is 2.56 bits per heavy atom. The van der Waals surface area contributed by atoms with Gasteiger partial charge in [-0.2, -0.15) is 20.3 Å². The number of nitrogens with zero attached hydrogens (tertiary/aromatic N) is 13. The zero-order valence-corrected chi connectivity index (χ0v) is 32.7. The van der Waals surface area contributed by atoms with Crippen LogP contribution < -0.4 is 20.4 Å². The first-order chi connectivity index (χ1) is 28.8. The fourth-order valence-electron chi connectivity index (χ4n) is 8.62. The van der Waals surface area contributed by atoms with E-state index in [0.29, 0.717) is 46.8 Å². The topological polar surface area (TPSA) is 203 Å². The minimum Gasteiger partial charge on any atom is -0.368 e. The molecule has 2 saturated heterocycles. The average Bonchev–Trinajstić information content (AvgIpc) is 3.94. The number of anilines is 3. The monoisotopic (exact) mass is 789 g/mol. The van der Waals surface area contributed by atoms with Crippen molar-refractivity contribution < 1.29 is 9.59 Å². The lowest BCUT2D eigenvalue weighted by Gasteiger charge is -2.37. The smallest absolute Gasteiger partial charge is 0.328 e. The fourth-order valence-corrected chi connectivity index (χ4v) is 8.62. The zero-order valence-electron chi connectivity index (χ0n) is 32.7. The fraction of sp³-hybridized carbons (Fsp3) is 0.381. The van der Waals surface area contributed by atoms with Crippen LogP contribution in [0.4, 0.5) is 21.9 Å². The zero-order chi connectivity index (χ0) is 40.5. The molecule has 0 radical (unpaired) electrons. The van der Waals surface area contributed by atoms with Gasteiger partial charge in [0, 0.05) is 85.4 Å². The van der Waals surface area contributed by atoms with Crippen LogP contribution in [-0.4, -0.2) is 102 Å². The maximum absolute atomic E-state index is 12.6. The van der Waals surface area contributed by atoms with Gasteiger partial charge < -0.3 is 10.2 Å². The number of hydrogen-bond donors (Lipinski definition) is 2. The van der Waals surface area contributed by atoms with E-state index in [4.69, 9.17) is 0 Å². The van der Waals surface area contributed by atoms with E-state index in [1.807, 2.05) is 30.6 Å². The van der Waals surface area contributed by atoms with E-state index in [2.05, 4.69) is 69.0 Å². The van der Waals surface area contributed by atoms with Gasteiger partial charge in [-0.25, -0.2) is 19.4 Å². The summed E-state index contributed by atoms with van der Waals surface area (Å²) in [6.07, 6.45) is 16.3. The number of rotatable bonds is 10. The lowest BCUT2D eigenvalue weighted by molar-refractivity contribution is -0.120. The molecule has 1 atom stereocenters. The van der Waals surface area contributed by atoms with Crippen LogP contribution in [0.15, 0.2) is 67.5 Å². The summed E-state index contributed by atoms with van der Waals surface area (Å²) in [7, 11) is 0. The van der Waals surface area contributed by atoms with Crippen molar-refractivity contribution in [1.82, 2.24) is 49.9 Å². The molecular formula is C42H43N15O2. The number of aromatic nitrogens is 8. The van der Waals surface area contributed by atoms with Crippen LogP contribution in [0.25, 0.3) is 33.3 Å². The molecule has 3 amide bonds. The Bertz CT molecular complexity index is 2620. The van der Waals surface area contributed by atoms with E-state index >= 15 is 0 Å². The SMILES string of the molecule is C[C@H](C#N)Nc1cc(-n2ncc3cc(C#N)cnc32)ncc1-n1cc(C2CCC(CCN3CCN(c4cccc5c(N6CCC(=O)NC6=O)cncc45)CC3)CC2)nn1. The number of nitrogens with one attached hydrogen (secondary N) is 2. The van der Waals surface area contributed by atoms with Crippen molar-refractivity contribution in [3.05, 3.63) is 78.8 Å². The third-order valence-corrected chi connectivity index (χ3v) is 11.9. The molecule has 1 aromatic carbocycles. The highest BCUT2D eigenvalue weighted by Crippen LogP contribution is 2.38. The molecule has 7 heterocycles. The van der Waals surface area contributed by atoms with Gasteiger partial charge in [0.2, 0.25) is 5.91 Å². The number of imide groups is 1. The summed E-state index contributed by atoms with van der Waals surface area (Å²) in [5.74, 6) is 1.26. The van der Waals surface area contributed by atoms with Crippen LogP contribution in [0.1, 0.15) is 62.6 Å². The Hall–Kier alpha value is -6.98. The summed E-state index contributed by atoms with van der Waals surface area (Å²) >= 11 is 0. The largest absolute Gasteiger partial charge is 0.368 e. The number of urea groups is 1. The number of carbonyl (C=O) groups excluding carboxylic acids is 2. The molecular weight excluding hydrogens is 747 g/mol. The molecule has 2 aliphatic heterocycles. The number of amides is 3. The van der Waals surface area contributed by atoms with Crippen LogP contribution in [-0.2, 0) is 4.79 Å². The van der Waals surface area contributed by atoms with E-state index in [-0.39, 0.29) is 12.3 Å². The Morgan fingerprint density at radius 2 is 1.76 bits per heavy atom. The van der Waals surface area contributed by atoms with Gasteiger partial charge in [0.05, 0.1) is 53.5 Å². The summed E-state index contributed by atoms with van der Waals surface area (Å²) in [5.41, 5.74) is 5.16. The van der Waals surface area contributed by atoms with E-state index in [1.54, 1.807) is 45.8 Å². The minimum absolute atomic E-state index is 0.251. The van der Waals surface area contributed by atoms with Crippen molar-refractivity contribution >= 4 is 50.8 Å². The molecule has 0 unspecified atom stereocenters. The van der Waals surface area contributed by atoms with Gasteiger partial charge in [-0.3, -0.25) is 24.9 Å². The third-order valence-electron chi connectivity index (χ3n) is 11.9. The summed E-state index contributed by atoms with van der Waals surface area (Å²) in [6.45, 7) is 7.00. The van der Waals surface area contributed by atoms with Gasteiger partial charge >= 0.3 is 6.03 Å². The Balaban J connectivity index is 0.797. The highest BCUT2D eigenvalue weighted by atomic mass is 16.2. The Labute approximate surface area is 340 Å². The van der Waals surface area contributed by atoms with E-state index in [1.165, 1.54) is 12.6 Å². The van der Waals surface area contributed by atoms with Crippen molar-refractivity contribution in [3.63, 3.8) is 0 Å². The predicted octanol–water partition coefficient (Wildman–Crippen LogP) is 5.07. The first-order valence-electron chi connectivity index (χ1n) is 20.1. The first kappa shape index (κ1) is 37.6. The molecule has 5 aromatic heterocycles. The highest BCUT2D eigenvalue weighted by molar-refractivity contribution is 6.11. The van der Waals surface area contributed by atoms with E-state index < -0.39 is 12.1 Å². The van der Waals surface area contributed by atoms with Gasteiger partial charge in [0.25, 0.3) is 0 Å². The van der Waals surface area contributed by atoms with Crippen LogP contribution in [0.2, 0.25) is 0 Å². The quantitative estimate of drug-likeness (QED) is 0.186. The van der Waals surface area contributed by atoms with Crippen molar-refractivity contribution in [2.24, 2.45) is 5.92 Å². The van der Waals surface area contributed by atoms with Crippen LogP contribution in [0.5, 0.6) is 0 Å². The number of piperazine rings is 1. The van der Waals surface area contributed by atoms with Crippen LogP contribution in [0, 0.1) is 28.6 Å². The van der Waals surface area contributed by atoms with Crippen molar-refractivity contribution in [2.45, 2.75) is 57.4 Å². The maximum Gasteiger partial charge on any atom is 0.328 e. The molecule has 1 aliphatic carbocycles. The van der Waals surface area contributed by atoms with Crippen LogP contribution >= 0.6 is 0 Å². The van der Waals surface area contributed by atoms with E-state index in [0.717, 1.165) is 91.6 Å². The Morgan fingerprint density at radius 1 is 0.915 bits per heavy atom. The number of nitriles is 2. The number of benzene rings is 1. The number of fused-ring (bicyclic) bond motifs is 2. The summed E-state index contributed by atoms with van der Waals surface area (Å²) in [6, 6.07) is 13.2. The molecule has 3 aliphatic rings. The molecule has 17 heteroatoms. The molecule has 2 N–H and O–H groups in total. The van der Waals surface area contributed by atoms with Crippen molar-refractivity contribution in [1.29, 1.82) is 10.5 Å². The second kappa shape index (κ2) is 16.1. The third kappa shape index (κ3) is 7.60. The normalized spacial score (nSPS) is 19.4. The minimum atomic E-state index is -0.473. The number of carbonyl (C=O) groups is 2. The Kier molecular flexibility index (Phi) is 10.3. The van der Waals surface area contributed by atoms with Crippen molar-refractivity contribution in [3.8, 4) is 23.6 Å². The first-order valence-corrected chi connectivity index (χ1v) is 20.1. The highest BCUT2D eigenvalue weighted by Gasteiger charge is 2.29. The maximum atomic E-state index is 12.6. The van der Waals surface area contributed by atoms with Gasteiger partial charge in [-0.1, -0.05) is 17.3 Å². The molecule has 1 saturated carbocycles. The predicted molar refractivity (Wildman–Crippen MR) is 220 cm³/mol. The van der Waals surface area contributed by atoms with E-state index in [9.17, 15) is 20.1 Å². The standard InChI is InChI=1S/C42H43N15O2/c1-27(19-43)49-34-18-39(57-41-31(22-48-57)17-29(20-44)21-47-41)46-25-38(34)56-26-35(51-52-56)30-7-5-28(6-8-30)9-11-53-13-15-54(16-14-53)36-4-2-3-32-33(36)23-45-24-37(32)55-12-10-40(58)50-42(55)59/h2-4,17-18,21-28,30H,5-16H2,1H3,(H,46,49)(H,50,58,59)/t27-,28?,30?/m1/s1. The van der Waals surface area contributed by atoms with Gasteiger partial charge in [0.15, 0.2) is 11.5 Å². The molecule has 17 nitrogen and oxygen atoms in total. The number of hydrogen-bond acceptors (Lipinski definition) is 13. The van der Waals surface area contributed by atoms with Crippen molar-refractivity contribution in [2.75, 3.05) is 54.4 Å². The second-order valence-electron chi connectivity index (χ2n) is 15.6. The van der Waals surface area contributed by atoms with Gasteiger partial charge in [-0.15, -0.1) is 5.10 Å². The van der Waals surface area contributed by atoms with Crippen LogP contribution in [0.3, 0.4) is 0 Å². The molecule has 0 spiro atoms. The second-order valence-corrected chi connectivity index (χ2v) is 15.6. The number of pyridine rings is 3. The molecule has 6 aromatic rings. The summed E-state index contributed by atoms with van der Waals surface area (Å²) in [4.78, 5) is 44.6. The molecule has 9 rings (SSSR count). The lowest BCUT2D eigenvalue weighted by Crippen LogP contribution is -2.49. The average molecular weight is 790 g/mol. The molecule has 3 fully saturated rings. The summed E-state index contributed by atoms with van der Waals surface area (Å²) in [5, 5.41) is 40.8.